The van der Waals surface area contributed by atoms with Crippen molar-refractivity contribution in [1.29, 1.82) is 0 Å². The van der Waals surface area contributed by atoms with Gasteiger partial charge in [-0.2, -0.15) is 0 Å². The Hall–Kier alpha value is -0.780. The van der Waals surface area contributed by atoms with Gasteiger partial charge in [0.05, 0.1) is 30.8 Å². The van der Waals surface area contributed by atoms with Crippen molar-refractivity contribution in [3.8, 4) is 11.5 Å². The number of phenolic OH excluding ortho intramolecular Hbond substituents is 1. The number of halogens is 1. The van der Waals surface area contributed by atoms with Crippen molar-refractivity contribution < 1.29 is 14.6 Å². The van der Waals surface area contributed by atoms with Gasteiger partial charge in [-0.15, -0.1) is 0 Å². The van der Waals surface area contributed by atoms with E-state index in [0.29, 0.717) is 16.8 Å². The summed E-state index contributed by atoms with van der Waals surface area (Å²) in [5, 5.41) is 13.0. The van der Waals surface area contributed by atoms with Crippen molar-refractivity contribution in [3.05, 3.63) is 22.2 Å². The van der Waals surface area contributed by atoms with Gasteiger partial charge in [0, 0.05) is 6.54 Å². The predicted octanol–water partition coefficient (Wildman–Crippen LogP) is 1.82. The maximum Gasteiger partial charge on any atom is 0.172 e. The number of phenols is 1. The second-order valence-corrected chi connectivity index (χ2v) is 4.49. The van der Waals surface area contributed by atoms with Crippen LogP contribution in [0.3, 0.4) is 0 Å². The fourth-order valence-electron chi connectivity index (χ4n) is 1.73. The van der Waals surface area contributed by atoms with Crippen molar-refractivity contribution in [2.24, 2.45) is 0 Å². The van der Waals surface area contributed by atoms with Crippen LogP contribution in [0.15, 0.2) is 16.6 Å². The molecular weight excluding hydrogens is 274 g/mol. The van der Waals surface area contributed by atoms with Crippen LogP contribution in [0.5, 0.6) is 11.5 Å². The first-order chi connectivity index (χ1) is 7.72. The third-order valence-electron chi connectivity index (χ3n) is 2.59. The molecule has 0 radical (unpaired) electrons. The van der Waals surface area contributed by atoms with Gasteiger partial charge in [-0.05, 0) is 33.6 Å². The highest BCUT2D eigenvalue weighted by Crippen LogP contribution is 2.37. The lowest BCUT2D eigenvalue weighted by Gasteiger charge is -2.24. The standard InChI is InChI=1S/C11H14BrNO3/c1-15-10-5-7(4-8(12)11(10)14)9-6-16-3-2-13-9/h4-5,9,13-14H,2-3,6H2,1H3/t9-/m1/s1. The van der Waals surface area contributed by atoms with Gasteiger partial charge in [0.2, 0.25) is 0 Å². The number of ether oxygens (including phenoxy) is 2. The summed E-state index contributed by atoms with van der Waals surface area (Å²) in [6.07, 6.45) is 0. The summed E-state index contributed by atoms with van der Waals surface area (Å²) < 4.78 is 11.1. The molecule has 2 rings (SSSR count). The van der Waals surface area contributed by atoms with Crippen molar-refractivity contribution in [2.75, 3.05) is 26.9 Å². The van der Waals surface area contributed by atoms with E-state index >= 15 is 0 Å². The molecular formula is C11H14BrNO3. The third-order valence-corrected chi connectivity index (χ3v) is 3.20. The van der Waals surface area contributed by atoms with E-state index in [4.69, 9.17) is 9.47 Å². The Kier molecular flexibility index (Phi) is 3.68. The molecule has 1 saturated heterocycles. The molecule has 1 aliphatic rings. The monoisotopic (exact) mass is 287 g/mol. The Labute approximate surface area is 103 Å². The minimum absolute atomic E-state index is 0.128. The lowest BCUT2D eigenvalue weighted by Crippen LogP contribution is -2.34. The van der Waals surface area contributed by atoms with E-state index in [1.54, 1.807) is 0 Å². The van der Waals surface area contributed by atoms with Crippen LogP contribution in [-0.4, -0.2) is 32.0 Å². The van der Waals surface area contributed by atoms with Gasteiger partial charge in [-0.25, -0.2) is 0 Å². The highest BCUT2D eigenvalue weighted by Gasteiger charge is 2.18. The predicted molar refractivity (Wildman–Crippen MR) is 63.9 cm³/mol. The average molecular weight is 288 g/mol. The lowest BCUT2D eigenvalue weighted by molar-refractivity contribution is 0.0768. The zero-order chi connectivity index (χ0) is 11.5. The van der Waals surface area contributed by atoms with Crippen LogP contribution >= 0.6 is 15.9 Å². The molecule has 0 unspecified atom stereocenters. The van der Waals surface area contributed by atoms with Gasteiger partial charge >= 0.3 is 0 Å². The molecule has 1 aromatic rings. The second-order valence-electron chi connectivity index (χ2n) is 3.64. The van der Waals surface area contributed by atoms with E-state index in [2.05, 4.69) is 21.2 Å². The summed E-state index contributed by atoms with van der Waals surface area (Å²) in [6, 6.07) is 3.86. The van der Waals surface area contributed by atoms with Crippen LogP contribution in [0.1, 0.15) is 11.6 Å². The first-order valence-electron chi connectivity index (χ1n) is 5.10. The third kappa shape index (κ3) is 2.31. The minimum Gasteiger partial charge on any atom is -0.503 e. The number of aromatic hydroxyl groups is 1. The molecule has 1 atom stereocenters. The number of morpholine rings is 1. The Balaban J connectivity index is 2.29. The van der Waals surface area contributed by atoms with Crippen molar-refractivity contribution in [3.63, 3.8) is 0 Å². The van der Waals surface area contributed by atoms with Gasteiger partial charge in [0.25, 0.3) is 0 Å². The summed E-state index contributed by atoms with van der Waals surface area (Å²) in [4.78, 5) is 0. The highest BCUT2D eigenvalue weighted by atomic mass is 79.9. The first kappa shape index (κ1) is 11.7. The number of hydrogen-bond donors (Lipinski definition) is 2. The maximum atomic E-state index is 9.70. The number of methoxy groups -OCH3 is 1. The number of nitrogens with one attached hydrogen (secondary N) is 1. The van der Waals surface area contributed by atoms with Crippen LogP contribution < -0.4 is 10.1 Å². The highest BCUT2D eigenvalue weighted by molar-refractivity contribution is 9.10. The normalized spacial score (nSPS) is 20.8. The van der Waals surface area contributed by atoms with Gasteiger partial charge in [0.1, 0.15) is 0 Å². The molecule has 4 nitrogen and oxygen atoms in total. The number of benzene rings is 1. The quantitative estimate of drug-likeness (QED) is 0.871. The molecule has 0 saturated carbocycles. The van der Waals surface area contributed by atoms with Gasteiger partial charge < -0.3 is 19.9 Å². The number of rotatable bonds is 2. The summed E-state index contributed by atoms with van der Waals surface area (Å²) in [5.74, 6) is 0.597. The van der Waals surface area contributed by atoms with Gasteiger partial charge in [-0.1, -0.05) is 0 Å². The van der Waals surface area contributed by atoms with E-state index in [-0.39, 0.29) is 11.8 Å². The zero-order valence-corrected chi connectivity index (χ0v) is 10.6. The minimum atomic E-state index is 0.128. The largest absolute Gasteiger partial charge is 0.503 e. The molecule has 5 heteroatoms. The molecule has 0 spiro atoms. The summed E-state index contributed by atoms with van der Waals surface area (Å²) in [6.45, 7) is 2.22. The summed E-state index contributed by atoms with van der Waals surface area (Å²) in [5.41, 5.74) is 1.04. The molecule has 1 aromatic carbocycles. The van der Waals surface area contributed by atoms with Crippen LogP contribution in [0.4, 0.5) is 0 Å². The topological polar surface area (TPSA) is 50.7 Å². The molecule has 1 heterocycles. The SMILES string of the molecule is COc1cc([C@H]2COCCN2)cc(Br)c1O. The van der Waals surface area contributed by atoms with Crippen molar-refractivity contribution in [1.82, 2.24) is 5.32 Å². The lowest BCUT2D eigenvalue weighted by atomic mass is 10.1. The molecule has 1 fully saturated rings. The van der Waals surface area contributed by atoms with E-state index < -0.39 is 0 Å². The molecule has 0 aliphatic carbocycles. The van der Waals surface area contributed by atoms with Crippen LogP contribution in [0, 0.1) is 0 Å². The van der Waals surface area contributed by atoms with Crippen LogP contribution in [0.25, 0.3) is 0 Å². The molecule has 16 heavy (non-hydrogen) atoms. The Morgan fingerprint density at radius 3 is 3.00 bits per heavy atom. The van der Waals surface area contributed by atoms with E-state index in [9.17, 15) is 5.11 Å². The fourth-order valence-corrected chi connectivity index (χ4v) is 2.19. The van der Waals surface area contributed by atoms with Crippen LogP contribution in [0.2, 0.25) is 0 Å². The average Bonchev–Trinajstić information content (AvgIpc) is 2.33. The van der Waals surface area contributed by atoms with E-state index in [0.717, 1.165) is 18.7 Å². The van der Waals surface area contributed by atoms with Crippen LogP contribution in [-0.2, 0) is 4.74 Å². The molecule has 0 bridgehead atoms. The molecule has 0 aromatic heterocycles. The number of hydrogen-bond acceptors (Lipinski definition) is 4. The first-order valence-corrected chi connectivity index (χ1v) is 5.89. The Morgan fingerprint density at radius 2 is 2.38 bits per heavy atom. The molecule has 2 N–H and O–H groups in total. The summed E-state index contributed by atoms with van der Waals surface area (Å²) in [7, 11) is 1.54. The smallest absolute Gasteiger partial charge is 0.172 e. The fraction of sp³-hybridized carbons (Fsp3) is 0.455. The Morgan fingerprint density at radius 1 is 1.56 bits per heavy atom. The molecule has 1 aliphatic heterocycles. The Bertz CT molecular complexity index is 378. The maximum absolute atomic E-state index is 9.70. The van der Waals surface area contributed by atoms with Gasteiger partial charge in [-0.3, -0.25) is 0 Å². The second kappa shape index (κ2) is 5.03. The van der Waals surface area contributed by atoms with Crippen molar-refractivity contribution >= 4 is 15.9 Å². The van der Waals surface area contributed by atoms with E-state index in [1.807, 2.05) is 12.1 Å². The van der Waals surface area contributed by atoms with E-state index in [1.165, 1.54) is 7.11 Å². The molecule has 88 valence electrons. The summed E-state index contributed by atoms with van der Waals surface area (Å²) >= 11 is 3.31. The zero-order valence-electron chi connectivity index (χ0n) is 9.00. The molecule has 0 amide bonds. The van der Waals surface area contributed by atoms with Crippen molar-refractivity contribution in [2.45, 2.75) is 6.04 Å². The van der Waals surface area contributed by atoms with Gasteiger partial charge in [0.15, 0.2) is 11.5 Å².